The van der Waals surface area contributed by atoms with Gasteiger partial charge in [0.1, 0.15) is 5.78 Å². The van der Waals surface area contributed by atoms with Gasteiger partial charge < -0.3 is 9.84 Å². The first-order valence-corrected chi connectivity index (χ1v) is 7.63. The molecule has 1 aliphatic carbocycles. The van der Waals surface area contributed by atoms with Crippen molar-refractivity contribution >= 4 is 5.78 Å². The summed E-state index contributed by atoms with van der Waals surface area (Å²) in [5, 5.41) is 9.21. The van der Waals surface area contributed by atoms with E-state index in [2.05, 4.69) is 18.7 Å². The first-order chi connectivity index (χ1) is 9.13. The Balaban J connectivity index is 1.92. The van der Waals surface area contributed by atoms with E-state index in [0.717, 1.165) is 32.4 Å². The average Bonchev–Trinajstić information content (AvgIpc) is 2.43. The van der Waals surface area contributed by atoms with Crippen LogP contribution in [0.3, 0.4) is 0 Å². The number of carbonyl (C=O) groups excluding carboxylic acids is 1. The van der Waals surface area contributed by atoms with Crippen molar-refractivity contribution < 1.29 is 14.6 Å². The van der Waals surface area contributed by atoms with E-state index in [9.17, 15) is 9.90 Å². The number of nitrogens with zero attached hydrogens (tertiary/aromatic N) is 1. The molecule has 0 aromatic carbocycles. The number of ketones is 1. The molecular formula is C15H27NO3. The van der Waals surface area contributed by atoms with Crippen molar-refractivity contribution in [1.29, 1.82) is 0 Å². The average molecular weight is 269 g/mol. The molecule has 0 aromatic heterocycles. The van der Waals surface area contributed by atoms with Crippen LogP contribution in [0.25, 0.3) is 0 Å². The number of carbonyl (C=O) groups is 1. The Morgan fingerprint density at radius 2 is 2.26 bits per heavy atom. The molecule has 0 bridgehead atoms. The Morgan fingerprint density at radius 3 is 2.95 bits per heavy atom. The van der Waals surface area contributed by atoms with Crippen LogP contribution in [0, 0.1) is 11.8 Å². The van der Waals surface area contributed by atoms with Gasteiger partial charge in [-0.25, -0.2) is 0 Å². The summed E-state index contributed by atoms with van der Waals surface area (Å²) in [6, 6.07) is 0.345. The SMILES string of the molecule is CCC1CCC(=O)C(CN2CC(CO)OCC2C)C1. The molecule has 4 atom stereocenters. The van der Waals surface area contributed by atoms with Crippen molar-refractivity contribution in [3.8, 4) is 0 Å². The summed E-state index contributed by atoms with van der Waals surface area (Å²) in [5.74, 6) is 1.34. The van der Waals surface area contributed by atoms with Gasteiger partial charge in [0, 0.05) is 31.5 Å². The van der Waals surface area contributed by atoms with Gasteiger partial charge in [-0.1, -0.05) is 13.3 Å². The van der Waals surface area contributed by atoms with Crippen LogP contribution in [0.15, 0.2) is 0 Å². The Morgan fingerprint density at radius 1 is 1.47 bits per heavy atom. The standard InChI is InChI=1S/C15H27NO3/c1-3-12-4-5-15(18)13(6-12)7-16-8-14(9-17)19-10-11(16)2/h11-14,17H,3-10H2,1-2H3. The lowest BCUT2D eigenvalue weighted by Crippen LogP contribution is -2.52. The van der Waals surface area contributed by atoms with Crippen molar-refractivity contribution in [2.75, 3.05) is 26.3 Å². The van der Waals surface area contributed by atoms with Gasteiger partial charge in [-0.3, -0.25) is 9.69 Å². The van der Waals surface area contributed by atoms with Crippen LogP contribution < -0.4 is 0 Å². The minimum atomic E-state index is -0.0862. The maximum Gasteiger partial charge on any atom is 0.137 e. The molecule has 4 heteroatoms. The smallest absolute Gasteiger partial charge is 0.137 e. The zero-order chi connectivity index (χ0) is 13.8. The van der Waals surface area contributed by atoms with Crippen LogP contribution in [0.5, 0.6) is 0 Å². The number of morpholine rings is 1. The predicted octanol–water partition coefficient (Wildman–Crippen LogP) is 1.46. The Kier molecular flexibility index (Phi) is 5.37. The third-order valence-corrected chi connectivity index (χ3v) is 4.74. The molecule has 0 radical (unpaired) electrons. The van der Waals surface area contributed by atoms with Gasteiger partial charge >= 0.3 is 0 Å². The topological polar surface area (TPSA) is 49.8 Å². The lowest BCUT2D eigenvalue weighted by Gasteiger charge is -2.40. The third kappa shape index (κ3) is 3.77. The van der Waals surface area contributed by atoms with Crippen LogP contribution in [-0.4, -0.2) is 54.2 Å². The Bertz CT molecular complexity index is 308. The molecule has 0 amide bonds. The van der Waals surface area contributed by atoms with Gasteiger partial charge in [0.05, 0.1) is 19.3 Å². The van der Waals surface area contributed by atoms with Crippen molar-refractivity contribution in [3.63, 3.8) is 0 Å². The molecule has 1 saturated heterocycles. The van der Waals surface area contributed by atoms with Crippen LogP contribution in [0.2, 0.25) is 0 Å². The van der Waals surface area contributed by atoms with Gasteiger partial charge in [0.2, 0.25) is 0 Å². The maximum absolute atomic E-state index is 12.1. The lowest BCUT2D eigenvalue weighted by molar-refractivity contribution is -0.129. The first-order valence-electron chi connectivity index (χ1n) is 7.63. The van der Waals surface area contributed by atoms with Crippen molar-refractivity contribution in [2.45, 2.75) is 51.7 Å². The number of Topliss-reactive ketones (excluding diaryl/α,β-unsaturated/α-hetero) is 1. The van der Waals surface area contributed by atoms with Crippen molar-refractivity contribution in [1.82, 2.24) is 4.90 Å². The highest BCUT2D eigenvalue weighted by Gasteiger charge is 2.33. The van der Waals surface area contributed by atoms with E-state index in [1.165, 1.54) is 6.42 Å². The molecule has 1 aliphatic heterocycles. The van der Waals surface area contributed by atoms with E-state index < -0.39 is 0 Å². The number of rotatable bonds is 4. The van der Waals surface area contributed by atoms with Gasteiger partial charge in [0.15, 0.2) is 0 Å². The van der Waals surface area contributed by atoms with Gasteiger partial charge in [-0.2, -0.15) is 0 Å². The predicted molar refractivity (Wildman–Crippen MR) is 74.0 cm³/mol. The van der Waals surface area contributed by atoms with E-state index in [1.54, 1.807) is 0 Å². The summed E-state index contributed by atoms with van der Waals surface area (Å²) < 4.78 is 5.55. The molecule has 110 valence electrons. The summed E-state index contributed by atoms with van der Waals surface area (Å²) in [6.07, 6.45) is 3.97. The highest BCUT2D eigenvalue weighted by Crippen LogP contribution is 2.30. The highest BCUT2D eigenvalue weighted by atomic mass is 16.5. The molecule has 0 spiro atoms. The Hall–Kier alpha value is -0.450. The summed E-state index contributed by atoms with van der Waals surface area (Å²) in [4.78, 5) is 14.4. The third-order valence-electron chi connectivity index (χ3n) is 4.74. The number of ether oxygens (including phenoxy) is 1. The van der Waals surface area contributed by atoms with Crippen molar-refractivity contribution in [2.24, 2.45) is 11.8 Å². The fraction of sp³-hybridized carbons (Fsp3) is 0.933. The van der Waals surface area contributed by atoms with Gasteiger partial charge in [-0.05, 0) is 25.7 Å². The number of aliphatic hydroxyl groups is 1. The number of aliphatic hydroxyl groups excluding tert-OH is 1. The quantitative estimate of drug-likeness (QED) is 0.839. The molecule has 4 unspecified atom stereocenters. The molecule has 2 rings (SSSR count). The second kappa shape index (κ2) is 6.82. The molecule has 0 aromatic rings. The normalized spacial score (nSPS) is 37.5. The molecule has 2 aliphatic rings. The van der Waals surface area contributed by atoms with E-state index >= 15 is 0 Å². The second-order valence-corrected chi connectivity index (χ2v) is 6.15. The molecular weight excluding hydrogens is 242 g/mol. The van der Waals surface area contributed by atoms with Gasteiger partial charge in [-0.15, -0.1) is 0 Å². The fourth-order valence-corrected chi connectivity index (χ4v) is 3.27. The molecule has 4 nitrogen and oxygen atoms in total. The minimum absolute atomic E-state index is 0.0689. The van der Waals surface area contributed by atoms with E-state index in [0.29, 0.717) is 24.3 Å². The minimum Gasteiger partial charge on any atom is -0.394 e. The summed E-state index contributed by atoms with van der Waals surface area (Å²) in [6.45, 7) is 6.67. The fourth-order valence-electron chi connectivity index (χ4n) is 3.27. The van der Waals surface area contributed by atoms with Crippen molar-refractivity contribution in [3.05, 3.63) is 0 Å². The Labute approximate surface area is 116 Å². The molecule has 19 heavy (non-hydrogen) atoms. The lowest BCUT2D eigenvalue weighted by atomic mass is 9.79. The molecule has 1 saturated carbocycles. The van der Waals surface area contributed by atoms with E-state index in [4.69, 9.17) is 4.74 Å². The number of hydrogen-bond donors (Lipinski definition) is 1. The monoisotopic (exact) mass is 269 g/mol. The van der Waals surface area contributed by atoms with Crippen LogP contribution in [0.4, 0.5) is 0 Å². The van der Waals surface area contributed by atoms with Crippen LogP contribution in [0.1, 0.15) is 39.5 Å². The van der Waals surface area contributed by atoms with E-state index in [-0.39, 0.29) is 18.6 Å². The largest absolute Gasteiger partial charge is 0.394 e. The second-order valence-electron chi connectivity index (χ2n) is 6.15. The molecule has 2 fully saturated rings. The van der Waals surface area contributed by atoms with E-state index in [1.807, 2.05) is 0 Å². The maximum atomic E-state index is 12.1. The van der Waals surface area contributed by atoms with Gasteiger partial charge in [0.25, 0.3) is 0 Å². The highest BCUT2D eigenvalue weighted by molar-refractivity contribution is 5.81. The zero-order valence-corrected chi connectivity index (χ0v) is 12.2. The summed E-state index contributed by atoms with van der Waals surface area (Å²) in [5.41, 5.74) is 0. The first kappa shape index (κ1) is 14.9. The number of hydrogen-bond acceptors (Lipinski definition) is 4. The molecule has 1 heterocycles. The molecule has 1 N–H and O–H groups in total. The van der Waals surface area contributed by atoms with Crippen LogP contribution >= 0.6 is 0 Å². The summed E-state index contributed by atoms with van der Waals surface area (Å²) in [7, 11) is 0. The summed E-state index contributed by atoms with van der Waals surface area (Å²) >= 11 is 0. The van der Waals surface area contributed by atoms with Crippen LogP contribution in [-0.2, 0) is 9.53 Å². The zero-order valence-electron chi connectivity index (χ0n) is 12.2.